The summed E-state index contributed by atoms with van der Waals surface area (Å²) in [7, 11) is 0. The Morgan fingerprint density at radius 2 is 1.41 bits per heavy atom. The summed E-state index contributed by atoms with van der Waals surface area (Å²) in [5.41, 5.74) is 2.68. The molecule has 0 radical (unpaired) electrons. The lowest BCUT2D eigenvalue weighted by Gasteiger charge is -2.13. The lowest BCUT2D eigenvalue weighted by molar-refractivity contribution is 1.63. The molecule has 0 aliphatic rings. The van der Waals surface area contributed by atoms with Gasteiger partial charge in [0.05, 0.1) is 0 Å². The van der Waals surface area contributed by atoms with E-state index >= 15 is 0 Å². The largest absolute Gasteiger partial charge is 0.149 e. The summed E-state index contributed by atoms with van der Waals surface area (Å²) in [4.78, 5) is 1.36. The van der Waals surface area contributed by atoms with Crippen LogP contribution in [0.25, 0.3) is 43.4 Å². The zero-order chi connectivity index (χ0) is 14.7. The van der Waals surface area contributed by atoms with Crippen LogP contribution < -0.4 is 0 Å². The number of aryl methyl sites for hydroxylation is 1. The van der Waals surface area contributed by atoms with E-state index in [0.29, 0.717) is 0 Å². The van der Waals surface area contributed by atoms with Gasteiger partial charge in [0.2, 0.25) is 0 Å². The van der Waals surface area contributed by atoms with Crippen LogP contribution in [0.3, 0.4) is 0 Å². The van der Waals surface area contributed by atoms with E-state index in [1.807, 2.05) is 11.3 Å². The molecule has 0 bridgehead atoms. The van der Waals surface area contributed by atoms with Crippen LogP contribution >= 0.6 is 11.3 Å². The van der Waals surface area contributed by atoms with E-state index in [-0.39, 0.29) is 0 Å². The minimum absolute atomic E-state index is 1.33. The highest BCUT2D eigenvalue weighted by atomic mass is 32.1. The van der Waals surface area contributed by atoms with Crippen molar-refractivity contribution in [3.8, 4) is 11.1 Å². The van der Waals surface area contributed by atoms with E-state index in [2.05, 4.69) is 73.0 Å². The average molecular weight is 298 g/mol. The molecule has 0 nitrogen and oxygen atoms in total. The van der Waals surface area contributed by atoms with E-state index in [4.69, 9.17) is 0 Å². The van der Waals surface area contributed by atoms with Crippen molar-refractivity contribution in [3.63, 3.8) is 0 Å². The lowest BCUT2D eigenvalue weighted by Crippen LogP contribution is -1.86. The fraction of sp³-hybridized carbons (Fsp3) is 0.0476. The Hall–Kier alpha value is -2.38. The minimum Gasteiger partial charge on any atom is -0.149 e. The van der Waals surface area contributed by atoms with E-state index in [9.17, 15) is 0 Å². The van der Waals surface area contributed by atoms with Crippen LogP contribution in [0.1, 0.15) is 4.88 Å². The monoisotopic (exact) mass is 298 g/mol. The summed E-state index contributed by atoms with van der Waals surface area (Å²) >= 11 is 1.82. The molecule has 0 atom stereocenters. The van der Waals surface area contributed by atoms with E-state index < -0.39 is 0 Å². The maximum atomic E-state index is 2.29. The Bertz CT molecular complexity index is 1120. The maximum Gasteiger partial charge on any atom is 0.00205 e. The van der Waals surface area contributed by atoms with Gasteiger partial charge in [-0.15, -0.1) is 11.3 Å². The standard InChI is InChI=1S/C21H14S/c1-13-11-17(12-22-13)18-9-7-16-6-5-14-3-2-4-15-8-10-19(18)21(16)20(14)15/h2-12H,1H3. The number of hydrogen-bond acceptors (Lipinski definition) is 1. The van der Waals surface area contributed by atoms with Gasteiger partial charge in [-0.25, -0.2) is 0 Å². The van der Waals surface area contributed by atoms with Gasteiger partial charge in [-0.2, -0.15) is 0 Å². The summed E-state index contributed by atoms with van der Waals surface area (Å²) in [6, 6.07) is 22.4. The second-order valence-corrected chi connectivity index (χ2v) is 7.03. The van der Waals surface area contributed by atoms with E-state index in [1.165, 1.54) is 48.3 Å². The predicted octanol–water partition coefficient (Wildman–Crippen LogP) is 6.62. The maximum absolute atomic E-state index is 2.29. The third kappa shape index (κ3) is 1.57. The Morgan fingerprint density at radius 3 is 2.14 bits per heavy atom. The topological polar surface area (TPSA) is 0 Å². The molecule has 0 saturated heterocycles. The van der Waals surface area contributed by atoms with Crippen molar-refractivity contribution < 1.29 is 0 Å². The smallest absolute Gasteiger partial charge is 0.00205 e. The van der Waals surface area contributed by atoms with Crippen LogP contribution in [0.5, 0.6) is 0 Å². The quantitative estimate of drug-likeness (QED) is 0.305. The zero-order valence-electron chi connectivity index (χ0n) is 12.3. The van der Waals surface area contributed by atoms with Gasteiger partial charge in [0.25, 0.3) is 0 Å². The van der Waals surface area contributed by atoms with Crippen LogP contribution in [-0.2, 0) is 0 Å². The summed E-state index contributed by atoms with van der Waals surface area (Å²) in [6.45, 7) is 2.17. The van der Waals surface area contributed by atoms with Crippen LogP contribution in [0, 0.1) is 6.92 Å². The van der Waals surface area contributed by atoms with Crippen LogP contribution in [0.15, 0.2) is 66.0 Å². The van der Waals surface area contributed by atoms with Crippen molar-refractivity contribution >= 4 is 43.7 Å². The van der Waals surface area contributed by atoms with Crippen molar-refractivity contribution in [2.75, 3.05) is 0 Å². The van der Waals surface area contributed by atoms with Gasteiger partial charge in [-0.3, -0.25) is 0 Å². The van der Waals surface area contributed by atoms with Gasteiger partial charge in [-0.05, 0) is 61.8 Å². The fourth-order valence-corrected chi connectivity index (χ4v) is 4.27. The molecule has 22 heavy (non-hydrogen) atoms. The van der Waals surface area contributed by atoms with Gasteiger partial charge in [0.15, 0.2) is 0 Å². The molecule has 0 aliphatic carbocycles. The second-order valence-electron chi connectivity index (χ2n) is 5.92. The van der Waals surface area contributed by atoms with Crippen molar-refractivity contribution in [3.05, 3.63) is 70.9 Å². The van der Waals surface area contributed by atoms with E-state index in [0.717, 1.165) is 0 Å². The Morgan fingerprint density at radius 1 is 0.727 bits per heavy atom. The molecule has 1 heterocycles. The molecule has 4 aromatic carbocycles. The highest BCUT2D eigenvalue weighted by Crippen LogP contribution is 2.39. The summed E-state index contributed by atoms with van der Waals surface area (Å²) in [5, 5.41) is 10.4. The molecule has 0 unspecified atom stereocenters. The average Bonchev–Trinajstić information content (AvgIpc) is 2.99. The first-order valence-corrected chi connectivity index (χ1v) is 8.41. The molecule has 0 fully saturated rings. The van der Waals surface area contributed by atoms with Crippen molar-refractivity contribution in [1.29, 1.82) is 0 Å². The minimum atomic E-state index is 1.33. The second kappa shape index (κ2) is 4.31. The van der Waals surface area contributed by atoms with Gasteiger partial charge < -0.3 is 0 Å². The van der Waals surface area contributed by atoms with Crippen LogP contribution in [-0.4, -0.2) is 0 Å². The molecule has 0 spiro atoms. The molecule has 5 rings (SSSR count). The van der Waals surface area contributed by atoms with Crippen molar-refractivity contribution in [2.24, 2.45) is 0 Å². The predicted molar refractivity (Wildman–Crippen MR) is 98.2 cm³/mol. The molecule has 0 saturated carbocycles. The lowest BCUT2D eigenvalue weighted by atomic mass is 9.90. The first-order valence-electron chi connectivity index (χ1n) is 7.53. The summed E-state index contributed by atoms with van der Waals surface area (Å²) < 4.78 is 0. The Balaban J connectivity index is 2.01. The van der Waals surface area contributed by atoms with Crippen molar-refractivity contribution in [2.45, 2.75) is 6.92 Å². The summed E-state index contributed by atoms with van der Waals surface area (Å²) in [6.07, 6.45) is 0. The Kier molecular flexibility index (Phi) is 2.39. The molecule has 0 N–H and O–H groups in total. The first-order chi connectivity index (χ1) is 10.8. The zero-order valence-corrected chi connectivity index (χ0v) is 13.1. The van der Waals surface area contributed by atoms with E-state index in [1.54, 1.807) is 0 Å². The SMILES string of the molecule is Cc1cc(-c2ccc3ccc4cccc5ccc2c3c45)cs1. The fourth-order valence-electron chi connectivity index (χ4n) is 3.57. The highest BCUT2D eigenvalue weighted by Gasteiger charge is 2.12. The molecule has 5 aromatic rings. The number of rotatable bonds is 1. The van der Waals surface area contributed by atoms with Gasteiger partial charge in [-0.1, -0.05) is 54.6 Å². The first kappa shape index (κ1) is 12.2. The number of benzene rings is 4. The molecule has 104 valence electrons. The van der Waals surface area contributed by atoms with Gasteiger partial charge in [0, 0.05) is 4.88 Å². The van der Waals surface area contributed by atoms with Crippen LogP contribution in [0.4, 0.5) is 0 Å². The number of thiophene rings is 1. The summed E-state index contributed by atoms with van der Waals surface area (Å²) in [5.74, 6) is 0. The molecule has 0 amide bonds. The molecule has 1 heteroatoms. The highest BCUT2D eigenvalue weighted by molar-refractivity contribution is 7.10. The molecular weight excluding hydrogens is 284 g/mol. The van der Waals surface area contributed by atoms with Gasteiger partial charge >= 0.3 is 0 Å². The third-order valence-corrected chi connectivity index (χ3v) is 5.43. The Labute approximate surface area is 133 Å². The third-order valence-electron chi connectivity index (χ3n) is 4.57. The van der Waals surface area contributed by atoms with Crippen molar-refractivity contribution in [1.82, 2.24) is 0 Å². The molecule has 0 aliphatic heterocycles. The number of hydrogen-bond donors (Lipinski definition) is 0. The molecule has 1 aromatic heterocycles. The normalized spacial score (nSPS) is 11.9. The van der Waals surface area contributed by atoms with Gasteiger partial charge in [0.1, 0.15) is 0 Å². The van der Waals surface area contributed by atoms with Crippen LogP contribution in [0.2, 0.25) is 0 Å². The molecular formula is C21H14S.